The molecule has 0 radical (unpaired) electrons. The summed E-state index contributed by atoms with van der Waals surface area (Å²) in [6.07, 6.45) is 1.84. The third-order valence-corrected chi connectivity index (χ3v) is 3.74. The summed E-state index contributed by atoms with van der Waals surface area (Å²) in [6, 6.07) is 1.98. The minimum Gasteiger partial charge on any atom is -0.380 e. The fourth-order valence-corrected chi connectivity index (χ4v) is 2.81. The second-order valence-corrected chi connectivity index (χ2v) is 5.32. The van der Waals surface area contributed by atoms with Crippen molar-refractivity contribution in [3.8, 4) is 0 Å². The van der Waals surface area contributed by atoms with E-state index in [0.29, 0.717) is 12.6 Å². The van der Waals surface area contributed by atoms with Crippen LogP contribution in [0.4, 0.5) is 11.8 Å². The Hall–Kier alpha value is -1.95. The van der Waals surface area contributed by atoms with Crippen LogP contribution in [0.3, 0.4) is 0 Å². The van der Waals surface area contributed by atoms with Gasteiger partial charge in [0.1, 0.15) is 5.82 Å². The van der Waals surface area contributed by atoms with Gasteiger partial charge in [0.25, 0.3) is 0 Å². The number of hydrogen-bond donors (Lipinski definition) is 1. The standard InChI is InChI=1S/C15H21N5O.C2H6/c1-3-11-13-12(9-10(2)17-11)18-15(16)19-14(13)20-5-4-7-21-8-6-20;1-2/h9H,3-8H2,1-2H3,(H2,16,18,19);1-2H3. The number of nitrogen functional groups attached to an aromatic ring is 1. The average Bonchev–Trinajstić information content (AvgIpc) is 2.84. The smallest absolute Gasteiger partial charge is 0.222 e. The quantitative estimate of drug-likeness (QED) is 0.917. The van der Waals surface area contributed by atoms with E-state index in [1.807, 2.05) is 26.8 Å². The maximum Gasteiger partial charge on any atom is 0.222 e. The van der Waals surface area contributed by atoms with Crippen LogP contribution in [0.5, 0.6) is 0 Å². The number of anilines is 2. The number of rotatable bonds is 2. The zero-order valence-corrected chi connectivity index (χ0v) is 14.6. The van der Waals surface area contributed by atoms with Crippen LogP contribution in [-0.2, 0) is 11.2 Å². The van der Waals surface area contributed by atoms with Gasteiger partial charge in [-0.05, 0) is 25.8 Å². The van der Waals surface area contributed by atoms with Gasteiger partial charge in [-0.1, -0.05) is 20.8 Å². The van der Waals surface area contributed by atoms with Gasteiger partial charge in [0.05, 0.1) is 23.2 Å². The number of hydrogen-bond acceptors (Lipinski definition) is 6. The number of aryl methyl sites for hydroxylation is 2. The van der Waals surface area contributed by atoms with Crippen LogP contribution in [0.1, 0.15) is 38.6 Å². The topological polar surface area (TPSA) is 77.2 Å². The third-order valence-electron chi connectivity index (χ3n) is 3.74. The lowest BCUT2D eigenvalue weighted by molar-refractivity contribution is 0.152. The van der Waals surface area contributed by atoms with Crippen LogP contribution >= 0.6 is 0 Å². The second kappa shape index (κ2) is 8.06. The zero-order chi connectivity index (χ0) is 16.8. The van der Waals surface area contributed by atoms with E-state index in [2.05, 4.69) is 26.8 Å². The summed E-state index contributed by atoms with van der Waals surface area (Å²) in [7, 11) is 0. The van der Waals surface area contributed by atoms with Gasteiger partial charge in [-0.3, -0.25) is 4.98 Å². The summed E-state index contributed by atoms with van der Waals surface area (Å²) in [4.78, 5) is 15.8. The fourth-order valence-electron chi connectivity index (χ4n) is 2.81. The Bertz CT molecular complexity index is 646. The highest BCUT2D eigenvalue weighted by atomic mass is 16.5. The van der Waals surface area contributed by atoms with Crippen molar-refractivity contribution in [1.29, 1.82) is 0 Å². The first-order chi connectivity index (χ1) is 11.2. The second-order valence-electron chi connectivity index (χ2n) is 5.32. The summed E-state index contributed by atoms with van der Waals surface area (Å²) in [5.41, 5.74) is 8.79. The Labute approximate surface area is 138 Å². The Morgan fingerprint density at radius 1 is 1.17 bits per heavy atom. The molecule has 6 nitrogen and oxygen atoms in total. The van der Waals surface area contributed by atoms with Crippen LogP contribution < -0.4 is 10.6 Å². The maximum atomic E-state index is 5.91. The summed E-state index contributed by atoms with van der Waals surface area (Å²) < 4.78 is 5.53. The van der Waals surface area contributed by atoms with Gasteiger partial charge in [0.15, 0.2) is 0 Å². The molecule has 0 atom stereocenters. The summed E-state index contributed by atoms with van der Waals surface area (Å²) in [5, 5.41) is 1.03. The van der Waals surface area contributed by atoms with Crippen molar-refractivity contribution in [2.24, 2.45) is 0 Å². The Balaban J connectivity index is 0.000000924. The number of ether oxygens (including phenoxy) is 1. The van der Waals surface area contributed by atoms with E-state index in [-0.39, 0.29) is 0 Å². The van der Waals surface area contributed by atoms with Gasteiger partial charge in [-0.15, -0.1) is 0 Å². The number of nitrogens with two attached hydrogens (primary N) is 1. The monoisotopic (exact) mass is 317 g/mol. The minimum atomic E-state index is 0.315. The van der Waals surface area contributed by atoms with Crippen molar-refractivity contribution < 1.29 is 4.74 Å². The molecule has 1 aliphatic rings. The predicted molar refractivity (Wildman–Crippen MR) is 94.9 cm³/mol. The molecule has 126 valence electrons. The first-order valence-electron chi connectivity index (χ1n) is 8.45. The van der Waals surface area contributed by atoms with Crippen LogP contribution in [0.15, 0.2) is 6.07 Å². The van der Waals surface area contributed by atoms with E-state index in [9.17, 15) is 0 Å². The van der Waals surface area contributed by atoms with E-state index in [0.717, 1.165) is 60.6 Å². The van der Waals surface area contributed by atoms with Crippen LogP contribution in [0, 0.1) is 6.92 Å². The van der Waals surface area contributed by atoms with Crippen LogP contribution in [-0.4, -0.2) is 41.3 Å². The fraction of sp³-hybridized carbons (Fsp3) is 0.588. The largest absolute Gasteiger partial charge is 0.380 e. The molecule has 0 bridgehead atoms. The molecular formula is C17H27N5O. The van der Waals surface area contributed by atoms with E-state index < -0.39 is 0 Å². The highest BCUT2D eigenvalue weighted by molar-refractivity contribution is 5.92. The SMILES string of the molecule is CC.CCc1nc(C)cc2nc(N)nc(N3CCCOCC3)c12. The van der Waals surface area contributed by atoms with E-state index in [1.165, 1.54) is 0 Å². The molecule has 1 aliphatic heterocycles. The van der Waals surface area contributed by atoms with Crippen molar-refractivity contribution in [2.75, 3.05) is 36.9 Å². The van der Waals surface area contributed by atoms with E-state index in [1.54, 1.807) is 0 Å². The molecule has 0 spiro atoms. The van der Waals surface area contributed by atoms with Crippen molar-refractivity contribution in [2.45, 2.75) is 40.5 Å². The highest BCUT2D eigenvalue weighted by Crippen LogP contribution is 2.28. The lowest BCUT2D eigenvalue weighted by Gasteiger charge is -2.23. The lowest BCUT2D eigenvalue weighted by Crippen LogP contribution is -2.27. The minimum absolute atomic E-state index is 0.315. The normalized spacial score (nSPS) is 15.0. The molecule has 3 heterocycles. The van der Waals surface area contributed by atoms with Gasteiger partial charge in [-0.2, -0.15) is 4.98 Å². The van der Waals surface area contributed by atoms with Crippen molar-refractivity contribution >= 4 is 22.7 Å². The summed E-state index contributed by atoms with van der Waals surface area (Å²) in [5.74, 6) is 1.21. The van der Waals surface area contributed by atoms with Crippen LogP contribution in [0.2, 0.25) is 0 Å². The predicted octanol–water partition coefficient (Wildman–Crippen LogP) is 2.73. The molecular weight excluding hydrogens is 290 g/mol. The first kappa shape index (κ1) is 17.4. The van der Waals surface area contributed by atoms with Crippen LogP contribution in [0.25, 0.3) is 10.9 Å². The molecule has 6 heteroatoms. The molecule has 3 rings (SSSR count). The number of fused-ring (bicyclic) bond motifs is 1. The Morgan fingerprint density at radius 3 is 2.70 bits per heavy atom. The molecule has 0 amide bonds. The summed E-state index contributed by atoms with van der Waals surface area (Å²) >= 11 is 0. The molecule has 23 heavy (non-hydrogen) atoms. The van der Waals surface area contributed by atoms with Crippen molar-refractivity contribution in [1.82, 2.24) is 15.0 Å². The molecule has 0 saturated carbocycles. The first-order valence-corrected chi connectivity index (χ1v) is 8.45. The van der Waals surface area contributed by atoms with Gasteiger partial charge >= 0.3 is 0 Å². The lowest BCUT2D eigenvalue weighted by atomic mass is 10.1. The number of aromatic nitrogens is 3. The molecule has 2 aromatic heterocycles. The Morgan fingerprint density at radius 2 is 1.96 bits per heavy atom. The molecule has 2 N–H and O–H groups in total. The highest BCUT2D eigenvalue weighted by Gasteiger charge is 2.18. The maximum absolute atomic E-state index is 5.91. The van der Waals surface area contributed by atoms with Gasteiger partial charge in [0.2, 0.25) is 5.95 Å². The Kier molecular flexibility index (Phi) is 6.10. The molecule has 0 unspecified atom stereocenters. The van der Waals surface area contributed by atoms with E-state index >= 15 is 0 Å². The molecule has 2 aromatic rings. The average molecular weight is 317 g/mol. The summed E-state index contributed by atoms with van der Waals surface area (Å²) in [6.45, 7) is 11.3. The van der Waals surface area contributed by atoms with Gasteiger partial charge in [-0.25, -0.2) is 4.98 Å². The van der Waals surface area contributed by atoms with Gasteiger partial charge < -0.3 is 15.4 Å². The molecule has 0 aromatic carbocycles. The zero-order valence-electron chi connectivity index (χ0n) is 14.6. The van der Waals surface area contributed by atoms with Crippen molar-refractivity contribution in [3.63, 3.8) is 0 Å². The molecule has 1 saturated heterocycles. The van der Waals surface area contributed by atoms with Gasteiger partial charge in [0, 0.05) is 25.4 Å². The van der Waals surface area contributed by atoms with Crippen molar-refractivity contribution in [3.05, 3.63) is 17.5 Å². The third kappa shape index (κ3) is 3.88. The number of pyridine rings is 1. The number of nitrogens with zero attached hydrogens (tertiary/aromatic N) is 4. The molecule has 1 fully saturated rings. The molecule has 0 aliphatic carbocycles. The van der Waals surface area contributed by atoms with E-state index in [4.69, 9.17) is 10.5 Å².